The maximum absolute atomic E-state index is 16.9. The molecule has 0 radical (unpaired) electrons. The number of nitrogens with zero attached hydrogens (tertiary/aromatic N) is 6. The van der Waals surface area contributed by atoms with E-state index < -0.39 is 5.82 Å². The van der Waals surface area contributed by atoms with E-state index >= 15 is 4.39 Å². The van der Waals surface area contributed by atoms with Crippen LogP contribution in [0.25, 0.3) is 32.9 Å². The van der Waals surface area contributed by atoms with Gasteiger partial charge in [0.05, 0.1) is 29.1 Å². The van der Waals surface area contributed by atoms with Crippen LogP contribution in [0.2, 0.25) is 5.02 Å². The maximum Gasteiger partial charge on any atom is 0.319 e. The number of hydrogen-bond donors (Lipinski definition) is 2. The van der Waals surface area contributed by atoms with Gasteiger partial charge in [-0.15, -0.1) is 0 Å². The molecule has 2 fully saturated rings. The number of carbonyl (C=O) groups excluding carboxylic acids is 1. The van der Waals surface area contributed by atoms with Gasteiger partial charge in [-0.3, -0.25) is 14.8 Å². The fourth-order valence-electron chi connectivity index (χ4n) is 6.17. The smallest absolute Gasteiger partial charge is 0.319 e. The van der Waals surface area contributed by atoms with E-state index in [1.54, 1.807) is 11.0 Å². The Morgan fingerprint density at radius 3 is 2.75 bits per heavy atom. The minimum Gasteiger partial charge on any atom is -0.462 e. The number of nitrogens with one attached hydrogen (secondary N) is 1. The largest absolute Gasteiger partial charge is 0.462 e. The SMILES string of the molecule is C=CC(=O)N1C[C@H](C)N(c2nc(OCCN3CCOCC3)nc3c(F)c(-c4c(C)ccc5[nH]nc(N)c45)c(Cl)cc23)C[C@H]1C. The van der Waals surface area contributed by atoms with Crippen molar-refractivity contribution in [1.29, 1.82) is 0 Å². The number of hydrogen-bond acceptors (Lipinski definition) is 9. The Balaban J connectivity index is 1.47. The van der Waals surface area contributed by atoms with Crippen molar-refractivity contribution in [3.63, 3.8) is 0 Å². The van der Waals surface area contributed by atoms with Crippen LogP contribution in [0.15, 0.2) is 30.9 Å². The van der Waals surface area contributed by atoms with E-state index in [1.165, 1.54) is 6.08 Å². The van der Waals surface area contributed by atoms with Crippen LogP contribution in [0.3, 0.4) is 0 Å². The molecule has 2 aliphatic heterocycles. The quantitative estimate of drug-likeness (QED) is 0.292. The molecule has 0 spiro atoms. The molecule has 2 aromatic heterocycles. The second-order valence-electron chi connectivity index (χ2n) is 11.4. The molecule has 13 heteroatoms. The molecule has 2 atom stereocenters. The van der Waals surface area contributed by atoms with Gasteiger partial charge in [0.25, 0.3) is 0 Å². The highest BCUT2D eigenvalue weighted by atomic mass is 35.5. The van der Waals surface area contributed by atoms with Gasteiger partial charge in [-0.2, -0.15) is 15.1 Å². The van der Waals surface area contributed by atoms with Gasteiger partial charge in [0.1, 0.15) is 17.9 Å². The second-order valence-corrected chi connectivity index (χ2v) is 11.8. The van der Waals surface area contributed by atoms with E-state index in [-0.39, 0.29) is 45.9 Å². The molecular formula is C31H36ClFN8O3. The Labute approximate surface area is 259 Å². The molecule has 0 unspecified atom stereocenters. The summed E-state index contributed by atoms with van der Waals surface area (Å²) in [5, 5.41) is 8.26. The minimum atomic E-state index is -0.605. The number of anilines is 2. The highest BCUT2D eigenvalue weighted by Gasteiger charge is 2.34. The number of nitrogens with two attached hydrogens (primary N) is 1. The molecule has 2 saturated heterocycles. The average molecular weight is 623 g/mol. The van der Waals surface area contributed by atoms with Crippen molar-refractivity contribution >= 4 is 50.9 Å². The van der Waals surface area contributed by atoms with Crippen LogP contribution in [-0.2, 0) is 9.53 Å². The summed E-state index contributed by atoms with van der Waals surface area (Å²) in [6.45, 7) is 14.4. The van der Waals surface area contributed by atoms with Crippen molar-refractivity contribution in [2.24, 2.45) is 0 Å². The molecule has 232 valence electrons. The lowest BCUT2D eigenvalue weighted by Crippen LogP contribution is -2.58. The Bertz CT molecular complexity index is 1740. The van der Waals surface area contributed by atoms with Gasteiger partial charge in [0, 0.05) is 61.3 Å². The number of ether oxygens (including phenoxy) is 2. The Kier molecular flexibility index (Phi) is 8.32. The summed E-state index contributed by atoms with van der Waals surface area (Å²) in [6, 6.07) is 5.21. The number of rotatable bonds is 7. The summed E-state index contributed by atoms with van der Waals surface area (Å²) in [5.74, 6) is 0.00286. The van der Waals surface area contributed by atoms with Crippen molar-refractivity contribution in [1.82, 2.24) is 30.0 Å². The van der Waals surface area contributed by atoms with Crippen LogP contribution >= 0.6 is 11.6 Å². The zero-order valence-electron chi connectivity index (χ0n) is 25.1. The first-order chi connectivity index (χ1) is 21.2. The van der Waals surface area contributed by atoms with Gasteiger partial charge in [-0.05, 0) is 44.5 Å². The summed E-state index contributed by atoms with van der Waals surface area (Å²) < 4.78 is 28.4. The standard InChI is InChI=1S/C31H36ClFN8O3/c1-5-23(42)40-15-19(4)41(16-18(40)3)30-20-14-21(32)25(24-17(2)6-7-22-26(24)29(34)38-37-22)27(33)28(20)35-31(36-30)44-13-10-39-8-11-43-12-9-39/h5-7,14,18-19H,1,8-13,15-16H2,2-4H3,(H3,34,37,38)/t18-,19+/m1/s1. The molecule has 3 N–H and O–H groups in total. The predicted molar refractivity (Wildman–Crippen MR) is 170 cm³/mol. The monoisotopic (exact) mass is 622 g/mol. The molecule has 4 heterocycles. The molecule has 1 amide bonds. The number of piperazine rings is 1. The van der Waals surface area contributed by atoms with Gasteiger partial charge in [0.2, 0.25) is 5.91 Å². The lowest BCUT2D eigenvalue weighted by Gasteiger charge is -2.44. The van der Waals surface area contributed by atoms with Gasteiger partial charge in [-0.1, -0.05) is 24.2 Å². The van der Waals surface area contributed by atoms with E-state index in [9.17, 15) is 4.79 Å². The molecule has 0 bridgehead atoms. The molecule has 44 heavy (non-hydrogen) atoms. The third kappa shape index (κ3) is 5.42. The number of aromatic nitrogens is 4. The molecule has 6 rings (SSSR count). The summed E-state index contributed by atoms with van der Waals surface area (Å²) in [6.07, 6.45) is 1.32. The topological polar surface area (TPSA) is 126 Å². The number of carbonyl (C=O) groups is 1. The van der Waals surface area contributed by atoms with Crippen LogP contribution in [0.5, 0.6) is 6.01 Å². The summed E-state index contributed by atoms with van der Waals surface area (Å²) in [5.41, 5.74) is 8.49. The maximum atomic E-state index is 16.9. The molecule has 2 aliphatic rings. The Morgan fingerprint density at radius 2 is 2.00 bits per heavy atom. The number of H-pyrrole nitrogens is 1. The highest BCUT2D eigenvalue weighted by Crippen LogP contribution is 2.43. The van der Waals surface area contributed by atoms with Crippen LogP contribution in [-0.4, -0.2) is 101 Å². The van der Waals surface area contributed by atoms with Crippen molar-refractivity contribution in [2.75, 3.05) is 63.2 Å². The minimum absolute atomic E-state index is 0.0649. The van der Waals surface area contributed by atoms with Crippen molar-refractivity contribution in [3.8, 4) is 17.1 Å². The number of aromatic amines is 1. The highest BCUT2D eigenvalue weighted by molar-refractivity contribution is 6.35. The predicted octanol–water partition coefficient (Wildman–Crippen LogP) is 4.18. The van der Waals surface area contributed by atoms with Crippen LogP contribution in [0.4, 0.5) is 16.0 Å². The third-order valence-electron chi connectivity index (χ3n) is 8.52. The Morgan fingerprint density at radius 1 is 1.23 bits per heavy atom. The second kappa shape index (κ2) is 12.2. The van der Waals surface area contributed by atoms with Crippen LogP contribution < -0.4 is 15.4 Å². The fourth-order valence-corrected chi connectivity index (χ4v) is 6.46. The van der Waals surface area contributed by atoms with Crippen LogP contribution in [0.1, 0.15) is 19.4 Å². The van der Waals surface area contributed by atoms with Gasteiger partial charge < -0.3 is 25.0 Å². The first-order valence-electron chi connectivity index (χ1n) is 14.7. The number of nitrogen functional groups attached to an aromatic ring is 1. The van der Waals surface area contributed by atoms with Crippen molar-refractivity contribution < 1.29 is 18.7 Å². The van der Waals surface area contributed by atoms with Gasteiger partial charge >= 0.3 is 6.01 Å². The summed E-state index contributed by atoms with van der Waals surface area (Å²) in [4.78, 5) is 28.0. The molecule has 0 saturated carbocycles. The van der Waals surface area contributed by atoms with Gasteiger partial charge in [0.15, 0.2) is 11.6 Å². The molecular weight excluding hydrogens is 587 g/mol. The number of benzene rings is 2. The molecule has 4 aromatic rings. The zero-order chi connectivity index (χ0) is 31.1. The first kappa shape index (κ1) is 30.0. The fraction of sp³-hybridized carbons (Fsp3) is 0.419. The zero-order valence-corrected chi connectivity index (χ0v) is 25.8. The molecule has 11 nitrogen and oxygen atoms in total. The lowest BCUT2D eigenvalue weighted by atomic mass is 9.94. The van der Waals surface area contributed by atoms with Crippen LogP contribution in [0, 0.1) is 12.7 Å². The number of amides is 1. The number of fused-ring (bicyclic) bond motifs is 2. The van der Waals surface area contributed by atoms with Gasteiger partial charge in [-0.25, -0.2) is 4.39 Å². The summed E-state index contributed by atoms with van der Waals surface area (Å²) in [7, 11) is 0. The first-order valence-corrected chi connectivity index (χ1v) is 15.1. The Hall–Kier alpha value is -4.00. The normalized spacial score (nSPS) is 19.6. The lowest BCUT2D eigenvalue weighted by molar-refractivity contribution is -0.128. The summed E-state index contributed by atoms with van der Waals surface area (Å²) >= 11 is 6.91. The molecule has 0 aliphatic carbocycles. The van der Waals surface area contributed by atoms with E-state index in [0.717, 1.165) is 18.7 Å². The number of halogens is 2. The molecule has 2 aromatic carbocycles. The average Bonchev–Trinajstić information content (AvgIpc) is 3.39. The number of aryl methyl sites for hydroxylation is 1. The van der Waals surface area contributed by atoms with E-state index in [0.29, 0.717) is 67.1 Å². The van der Waals surface area contributed by atoms with Crippen molar-refractivity contribution in [2.45, 2.75) is 32.9 Å². The van der Waals surface area contributed by atoms with E-state index in [1.807, 2.05) is 32.9 Å². The van der Waals surface area contributed by atoms with E-state index in [4.69, 9.17) is 31.8 Å². The third-order valence-corrected chi connectivity index (χ3v) is 8.82. The van der Waals surface area contributed by atoms with E-state index in [2.05, 4.69) is 31.6 Å². The number of morpholine rings is 1. The van der Waals surface area contributed by atoms with Crippen molar-refractivity contribution in [3.05, 3.63) is 47.3 Å².